The first-order valence-electron chi connectivity index (χ1n) is 6.40. The SMILES string of the molecule is CC1CCC(NC(=O)N[C@@H](CC(=O)O)C(=O)O)CC1. The number of carboxylic acids is 2. The molecular weight excluding hydrogens is 252 g/mol. The third kappa shape index (κ3) is 5.58. The van der Waals surface area contributed by atoms with E-state index in [0.717, 1.165) is 25.7 Å². The second-order valence-electron chi connectivity index (χ2n) is 5.06. The Bertz CT molecular complexity index is 350. The molecule has 0 unspecified atom stereocenters. The van der Waals surface area contributed by atoms with Gasteiger partial charge in [0, 0.05) is 6.04 Å². The van der Waals surface area contributed by atoms with Crippen LogP contribution < -0.4 is 10.6 Å². The van der Waals surface area contributed by atoms with Gasteiger partial charge in [0.2, 0.25) is 0 Å². The lowest BCUT2D eigenvalue weighted by Crippen LogP contribution is -2.50. The zero-order chi connectivity index (χ0) is 14.4. The van der Waals surface area contributed by atoms with E-state index in [9.17, 15) is 14.4 Å². The molecule has 1 aliphatic carbocycles. The van der Waals surface area contributed by atoms with Crippen molar-refractivity contribution in [1.29, 1.82) is 0 Å². The van der Waals surface area contributed by atoms with E-state index in [2.05, 4.69) is 17.6 Å². The molecule has 7 heteroatoms. The summed E-state index contributed by atoms with van der Waals surface area (Å²) in [6.07, 6.45) is 3.16. The zero-order valence-electron chi connectivity index (χ0n) is 10.9. The van der Waals surface area contributed by atoms with Gasteiger partial charge in [0.15, 0.2) is 0 Å². The van der Waals surface area contributed by atoms with E-state index in [-0.39, 0.29) is 6.04 Å². The van der Waals surface area contributed by atoms with Gasteiger partial charge in [-0.05, 0) is 31.6 Å². The number of carbonyl (C=O) groups is 3. The van der Waals surface area contributed by atoms with Crippen molar-refractivity contribution in [2.45, 2.75) is 51.1 Å². The van der Waals surface area contributed by atoms with Crippen LogP contribution in [-0.2, 0) is 9.59 Å². The molecule has 1 rings (SSSR count). The van der Waals surface area contributed by atoms with E-state index < -0.39 is 30.4 Å². The largest absolute Gasteiger partial charge is 0.481 e. The van der Waals surface area contributed by atoms with Gasteiger partial charge in [0.1, 0.15) is 6.04 Å². The Labute approximate surface area is 111 Å². The molecule has 2 amide bonds. The van der Waals surface area contributed by atoms with Gasteiger partial charge in [0.05, 0.1) is 6.42 Å². The first kappa shape index (κ1) is 15.3. The average Bonchev–Trinajstić information content (AvgIpc) is 2.30. The third-order valence-corrected chi connectivity index (χ3v) is 3.33. The highest BCUT2D eigenvalue weighted by Crippen LogP contribution is 2.23. The van der Waals surface area contributed by atoms with E-state index in [0.29, 0.717) is 5.92 Å². The molecule has 0 saturated heterocycles. The molecule has 7 nitrogen and oxygen atoms in total. The molecular formula is C12H20N2O5. The first-order valence-corrected chi connectivity index (χ1v) is 6.40. The van der Waals surface area contributed by atoms with E-state index in [1.54, 1.807) is 0 Å². The minimum absolute atomic E-state index is 0.0375. The minimum atomic E-state index is -1.40. The van der Waals surface area contributed by atoms with E-state index >= 15 is 0 Å². The number of hydrogen-bond acceptors (Lipinski definition) is 3. The van der Waals surface area contributed by atoms with Crippen LogP contribution >= 0.6 is 0 Å². The van der Waals surface area contributed by atoms with Crippen LogP contribution in [0, 0.1) is 5.92 Å². The van der Waals surface area contributed by atoms with Crippen molar-refractivity contribution >= 4 is 18.0 Å². The fourth-order valence-electron chi connectivity index (χ4n) is 2.16. The molecule has 108 valence electrons. The van der Waals surface area contributed by atoms with E-state index in [1.807, 2.05) is 0 Å². The van der Waals surface area contributed by atoms with Gasteiger partial charge in [-0.3, -0.25) is 4.79 Å². The van der Waals surface area contributed by atoms with Crippen molar-refractivity contribution < 1.29 is 24.6 Å². The Morgan fingerprint density at radius 2 is 1.74 bits per heavy atom. The van der Waals surface area contributed by atoms with Crippen LogP contribution in [0.5, 0.6) is 0 Å². The van der Waals surface area contributed by atoms with Crippen LogP contribution in [0.15, 0.2) is 0 Å². The lowest BCUT2D eigenvalue weighted by atomic mass is 9.87. The molecule has 19 heavy (non-hydrogen) atoms. The summed E-state index contributed by atoms with van der Waals surface area (Å²) in [6, 6.07) is -1.98. The molecule has 0 aromatic heterocycles. The Morgan fingerprint density at radius 1 is 1.16 bits per heavy atom. The Hall–Kier alpha value is -1.79. The molecule has 0 bridgehead atoms. The summed E-state index contributed by atoms with van der Waals surface area (Å²) in [6.45, 7) is 2.16. The maximum atomic E-state index is 11.6. The second-order valence-corrected chi connectivity index (χ2v) is 5.06. The van der Waals surface area contributed by atoms with Crippen molar-refractivity contribution in [1.82, 2.24) is 10.6 Å². The molecule has 0 radical (unpaired) electrons. The Kier molecular flexibility index (Phi) is 5.59. The number of amides is 2. The summed E-state index contributed by atoms with van der Waals surface area (Å²) in [7, 11) is 0. The van der Waals surface area contributed by atoms with Crippen LogP contribution in [0.25, 0.3) is 0 Å². The molecule has 0 aromatic carbocycles. The lowest BCUT2D eigenvalue weighted by Gasteiger charge is -2.27. The number of hydrogen-bond donors (Lipinski definition) is 4. The fraction of sp³-hybridized carbons (Fsp3) is 0.750. The predicted octanol–water partition coefficient (Wildman–Crippen LogP) is 0.792. The van der Waals surface area contributed by atoms with Gasteiger partial charge < -0.3 is 20.8 Å². The van der Waals surface area contributed by atoms with Crippen molar-refractivity contribution in [3.63, 3.8) is 0 Å². The second kappa shape index (κ2) is 6.96. The standard InChI is InChI=1S/C12H20N2O5/c1-7-2-4-8(5-3-7)13-12(19)14-9(11(17)18)6-10(15)16/h7-9H,2-6H2,1H3,(H,15,16)(H,17,18)(H2,13,14,19)/t7?,8?,9-/m0/s1. The van der Waals surface area contributed by atoms with Crippen molar-refractivity contribution in [2.24, 2.45) is 5.92 Å². The highest BCUT2D eigenvalue weighted by atomic mass is 16.4. The molecule has 0 spiro atoms. The summed E-state index contributed by atoms with van der Waals surface area (Å²) in [5, 5.41) is 22.2. The summed E-state index contributed by atoms with van der Waals surface area (Å²) in [5.74, 6) is -1.96. The molecule has 1 aliphatic rings. The maximum absolute atomic E-state index is 11.6. The van der Waals surface area contributed by atoms with Gasteiger partial charge in [-0.2, -0.15) is 0 Å². The molecule has 4 N–H and O–H groups in total. The third-order valence-electron chi connectivity index (χ3n) is 3.33. The van der Waals surface area contributed by atoms with Crippen LogP contribution in [0.3, 0.4) is 0 Å². The topological polar surface area (TPSA) is 116 Å². The smallest absolute Gasteiger partial charge is 0.326 e. The first-order chi connectivity index (χ1) is 8.88. The van der Waals surface area contributed by atoms with Gasteiger partial charge in [-0.1, -0.05) is 6.92 Å². The molecule has 0 heterocycles. The number of urea groups is 1. The molecule has 1 fully saturated rings. The van der Waals surface area contributed by atoms with Crippen LogP contribution in [0.1, 0.15) is 39.0 Å². The zero-order valence-corrected chi connectivity index (χ0v) is 10.9. The number of carboxylic acid groups (broad SMARTS) is 2. The van der Waals surface area contributed by atoms with Crippen molar-refractivity contribution in [3.8, 4) is 0 Å². The van der Waals surface area contributed by atoms with Gasteiger partial charge in [-0.25, -0.2) is 9.59 Å². The molecule has 0 aromatic rings. The maximum Gasteiger partial charge on any atom is 0.326 e. The summed E-state index contributed by atoms with van der Waals surface area (Å²) < 4.78 is 0. The van der Waals surface area contributed by atoms with Crippen LogP contribution in [0.2, 0.25) is 0 Å². The van der Waals surface area contributed by atoms with Crippen molar-refractivity contribution in [3.05, 3.63) is 0 Å². The summed E-state index contributed by atoms with van der Waals surface area (Å²) in [5.41, 5.74) is 0. The number of aliphatic carboxylic acids is 2. The number of nitrogens with one attached hydrogen (secondary N) is 2. The molecule has 1 saturated carbocycles. The molecule has 0 aliphatic heterocycles. The van der Waals surface area contributed by atoms with E-state index in [1.165, 1.54) is 0 Å². The highest BCUT2D eigenvalue weighted by Gasteiger charge is 2.25. The fourth-order valence-corrected chi connectivity index (χ4v) is 2.16. The lowest BCUT2D eigenvalue weighted by molar-refractivity contribution is -0.145. The van der Waals surface area contributed by atoms with Crippen LogP contribution in [-0.4, -0.2) is 40.3 Å². The Morgan fingerprint density at radius 3 is 2.21 bits per heavy atom. The number of carbonyl (C=O) groups excluding carboxylic acids is 1. The highest BCUT2D eigenvalue weighted by molar-refractivity contribution is 5.86. The van der Waals surface area contributed by atoms with E-state index in [4.69, 9.17) is 10.2 Å². The van der Waals surface area contributed by atoms with Crippen LogP contribution in [0.4, 0.5) is 4.79 Å². The quantitative estimate of drug-likeness (QED) is 0.590. The normalized spacial score (nSPS) is 24.3. The monoisotopic (exact) mass is 272 g/mol. The minimum Gasteiger partial charge on any atom is -0.481 e. The van der Waals surface area contributed by atoms with Gasteiger partial charge in [0.25, 0.3) is 0 Å². The van der Waals surface area contributed by atoms with Crippen molar-refractivity contribution in [2.75, 3.05) is 0 Å². The summed E-state index contributed by atoms with van der Waals surface area (Å²) in [4.78, 5) is 32.9. The predicted molar refractivity (Wildman–Crippen MR) is 66.8 cm³/mol. The summed E-state index contributed by atoms with van der Waals surface area (Å²) >= 11 is 0. The van der Waals surface area contributed by atoms with Gasteiger partial charge >= 0.3 is 18.0 Å². The number of rotatable bonds is 5. The molecule has 1 atom stereocenters. The van der Waals surface area contributed by atoms with Gasteiger partial charge in [-0.15, -0.1) is 0 Å². The average molecular weight is 272 g/mol. The Balaban J connectivity index is 2.40.